The van der Waals surface area contributed by atoms with Crippen LogP contribution in [0.3, 0.4) is 0 Å². The Balaban J connectivity index is 1.51. The molecule has 2 aliphatic rings. The quantitative estimate of drug-likeness (QED) is 0.625. The largest absolute Gasteiger partial charge is 0.463 e. The number of carbonyl (C=O) groups is 1. The van der Waals surface area contributed by atoms with Crippen LogP contribution in [0.25, 0.3) is 0 Å². The fourth-order valence-electron chi connectivity index (χ4n) is 5.30. The number of esters is 1. The van der Waals surface area contributed by atoms with Gasteiger partial charge in [-0.2, -0.15) is 0 Å². The predicted molar refractivity (Wildman–Crippen MR) is 120 cm³/mol. The highest BCUT2D eigenvalue weighted by Crippen LogP contribution is 2.42. The van der Waals surface area contributed by atoms with Gasteiger partial charge in [0.05, 0.1) is 6.61 Å². The van der Waals surface area contributed by atoms with Crippen molar-refractivity contribution in [2.45, 2.75) is 56.5 Å². The third-order valence-electron chi connectivity index (χ3n) is 7.14. The molecule has 0 radical (unpaired) electrons. The van der Waals surface area contributed by atoms with Crippen LogP contribution < -0.4 is 5.32 Å². The Hall–Kier alpha value is -2.24. The van der Waals surface area contributed by atoms with Crippen molar-refractivity contribution in [3.05, 3.63) is 66.0 Å². The molecule has 2 unspecified atom stereocenters. The topological polar surface area (TPSA) is 71.5 Å². The molecule has 5 nitrogen and oxygen atoms in total. The van der Waals surface area contributed by atoms with Gasteiger partial charge in [-0.25, -0.2) is 4.79 Å². The zero-order valence-corrected chi connectivity index (χ0v) is 18.2. The fourth-order valence-corrected chi connectivity index (χ4v) is 5.30. The van der Waals surface area contributed by atoms with Crippen LogP contribution in [-0.2, 0) is 15.1 Å². The van der Waals surface area contributed by atoms with Crippen molar-refractivity contribution >= 4 is 5.97 Å². The van der Waals surface area contributed by atoms with Gasteiger partial charge < -0.3 is 15.2 Å². The molecule has 2 aromatic rings. The molecule has 1 aromatic heterocycles. The number of carbonyl (C=O) groups excluding carboxylic acids is 1. The standard InChI is InChI=1S/C26H34N2O3/c29-25(26(30,24-8-4-5-9-24)23-6-2-1-3-7-23)31-19-22(21-12-16-28-17-13-21)18-20-10-14-27-15-11-20/h1-3,6-7,12-13,16-17,20,22,24,27,30H,4-5,8-11,14-15,18-19H2. The van der Waals surface area contributed by atoms with Gasteiger partial charge in [-0.1, -0.05) is 43.2 Å². The van der Waals surface area contributed by atoms with Crippen molar-refractivity contribution in [2.24, 2.45) is 11.8 Å². The SMILES string of the molecule is O=C(OCC(CC1CCNCC1)c1ccncc1)C(O)(c1ccccc1)C1CCCC1. The van der Waals surface area contributed by atoms with Crippen LogP contribution in [0.4, 0.5) is 0 Å². The molecule has 2 heterocycles. The molecule has 4 rings (SSSR count). The van der Waals surface area contributed by atoms with E-state index in [0.717, 1.165) is 63.6 Å². The molecule has 1 saturated heterocycles. The normalized spacial score (nSPS) is 20.8. The van der Waals surface area contributed by atoms with E-state index in [4.69, 9.17) is 4.74 Å². The molecule has 1 aliphatic heterocycles. The number of hydrogen-bond acceptors (Lipinski definition) is 5. The second-order valence-electron chi connectivity index (χ2n) is 9.12. The number of nitrogens with one attached hydrogen (secondary N) is 1. The van der Waals surface area contributed by atoms with Gasteiger partial charge in [0.25, 0.3) is 0 Å². The molecule has 0 bridgehead atoms. The Kier molecular flexibility index (Phi) is 7.36. The van der Waals surface area contributed by atoms with E-state index >= 15 is 0 Å². The maximum atomic E-state index is 13.4. The average molecular weight is 423 g/mol. The van der Waals surface area contributed by atoms with Gasteiger partial charge in [-0.3, -0.25) is 4.98 Å². The summed E-state index contributed by atoms with van der Waals surface area (Å²) in [6, 6.07) is 13.4. The van der Waals surface area contributed by atoms with E-state index in [1.165, 1.54) is 0 Å². The van der Waals surface area contributed by atoms with E-state index < -0.39 is 11.6 Å². The highest BCUT2D eigenvalue weighted by atomic mass is 16.5. The summed E-state index contributed by atoms with van der Waals surface area (Å²) in [4.78, 5) is 17.5. The van der Waals surface area contributed by atoms with E-state index in [-0.39, 0.29) is 18.4 Å². The number of benzene rings is 1. The average Bonchev–Trinajstić information content (AvgIpc) is 3.38. The summed E-state index contributed by atoms with van der Waals surface area (Å²) < 4.78 is 5.91. The Labute approximate surface area is 185 Å². The van der Waals surface area contributed by atoms with E-state index in [9.17, 15) is 9.90 Å². The Morgan fingerprint density at radius 3 is 2.42 bits per heavy atom. The third kappa shape index (κ3) is 5.16. The Bertz CT molecular complexity index is 817. The van der Waals surface area contributed by atoms with Gasteiger partial charge >= 0.3 is 5.97 Å². The van der Waals surface area contributed by atoms with Gasteiger partial charge in [0.1, 0.15) is 0 Å². The second kappa shape index (κ2) is 10.4. The summed E-state index contributed by atoms with van der Waals surface area (Å²) in [5, 5.41) is 15.1. The summed E-state index contributed by atoms with van der Waals surface area (Å²) in [5.41, 5.74) is 0.214. The first-order chi connectivity index (χ1) is 15.2. The van der Waals surface area contributed by atoms with Crippen molar-refractivity contribution in [3.8, 4) is 0 Å². The van der Waals surface area contributed by atoms with Crippen molar-refractivity contribution < 1.29 is 14.6 Å². The molecule has 31 heavy (non-hydrogen) atoms. The lowest BCUT2D eigenvalue weighted by atomic mass is 9.80. The summed E-state index contributed by atoms with van der Waals surface area (Å²) >= 11 is 0. The number of pyridine rings is 1. The first-order valence-corrected chi connectivity index (χ1v) is 11.7. The van der Waals surface area contributed by atoms with Gasteiger partial charge in [-0.05, 0) is 74.4 Å². The molecule has 1 aliphatic carbocycles. The first-order valence-electron chi connectivity index (χ1n) is 11.7. The van der Waals surface area contributed by atoms with Crippen LogP contribution in [0.2, 0.25) is 0 Å². The van der Waals surface area contributed by atoms with Crippen LogP contribution in [-0.4, -0.2) is 35.8 Å². The maximum absolute atomic E-state index is 13.4. The van der Waals surface area contributed by atoms with E-state index in [1.54, 1.807) is 12.4 Å². The van der Waals surface area contributed by atoms with Gasteiger partial charge in [0.2, 0.25) is 0 Å². The molecular weight excluding hydrogens is 388 g/mol. The molecule has 166 valence electrons. The zero-order chi connectivity index (χ0) is 21.5. The molecule has 1 aromatic carbocycles. The number of rotatable bonds is 8. The van der Waals surface area contributed by atoms with E-state index in [1.807, 2.05) is 42.5 Å². The highest BCUT2D eigenvalue weighted by molar-refractivity contribution is 5.81. The molecule has 0 spiro atoms. The third-order valence-corrected chi connectivity index (χ3v) is 7.14. The molecule has 2 atom stereocenters. The van der Waals surface area contributed by atoms with Gasteiger partial charge in [0, 0.05) is 24.2 Å². The number of nitrogens with zero attached hydrogens (tertiary/aromatic N) is 1. The number of aromatic nitrogens is 1. The lowest BCUT2D eigenvalue weighted by Gasteiger charge is -2.33. The zero-order valence-electron chi connectivity index (χ0n) is 18.2. The smallest absolute Gasteiger partial charge is 0.343 e. The lowest BCUT2D eigenvalue weighted by Crippen LogP contribution is -2.44. The number of aliphatic hydroxyl groups is 1. The van der Waals surface area contributed by atoms with Gasteiger partial charge in [-0.15, -0.1) is 0 Å². The number of piperidine rings is 1. The molecule has 1 saturated carbocycles. The van der Waals surface area contributed by atoms with Crippen LogP contribution in [0.15, 0.2) is 54.9 Å². The maximum Gasteiger partial charge on any atom is 0.343 e. The second-order valence-corrected chi connectivity index (χ2v) is 9.12. The minimum Gasteiger partial charge on any atom is -0.463 e. The minimum atomic E-state index is -1.57. The van der Waals surface area contributed by atoms with Crippen LogP contribution in [0, 0.1) is 11.8 Å². The van der Waals surface area contributed by atoms with E-state index in [0.29, 0.717) is 11.5 Å². The number of hydrogen-bond donors (Lipinski definition) is 2. The first kappa shape index (κ1) is 22.0. The molecule has 2 N–H and O–H groups in total. The number of ether oxygens (including phenoxy) is 1. The minimum absolute atomic E-state index is 0.0915. The Morgan fingerprint density at radius 2 is 1.74 bits per heavy atom. The Morgan fingerprint density at radius 1 is 1.06 bits per heavy atom. The molecule has 0 amide bonds. The summed E-state index contributed by atoms with van der Waals surface area (Å²) in [7, 11) is 0. The lowest BCUT2D eigenvalue weighted by molar-refractivity contribution is -0.174. The fraction of sp³-hybridized carbons (Fsp3) is 0.538. The molecule has 5 heteroatoms. The highest BCUT2D eigenvalue weighted by Gasteiger charge is 2.48. The van der Waals surface area contributed by atoms with Crippen LogP contribution >= 0.6 is 0 Å². The van der Waals surface area contributed by atoms with Crippen molar-refractivity contribution in [2.75, 3.05) is 19.7 Å². The van der Waals surface area contributed by atoms with E-state index in [2.05, 4.69) is 10.3 Å². The monoisotopic (exact) mass is 422 g/mol. The van der Waals surface area contributed by atoms with Crippen LogP contribution in [0.5, 0.6) is 0 Å². The van der Waals surface area contributed by atoms with Crippen molar-refractivity contribution in [3.63, 3.8) is 0 Å². The molecule has 2 fully saturated rings. The van der Waals surface area contributed by atoms with Gasteiger partial charge in [0.15, 0.2) is 5.60 Å². The summed E-state index contributed by atoms with van der Waals surface area (Å²) in [5.74, 6) is 0.126. The van der Waals surface area contributed by atoms with Crippen molar-refractivity contribution in [1.82, 2.24) is 10.3 Å². The van der Waals surface area contributed by atoms with Crippen LogP contribution in [0.1, 0.15) is 62.0 Å². The summed E-state index contributed by atoms with van der Waals surface area (Å²) in [6.45, 7) is 2.38. The van der Waals surface area contributed by atoms with Crippen molar-refractivity contribution in [1.29, 1.82) is 0 Å². The predicted octanol–water partition coefficient (Wildman–Crippen LogP) is 4.18. The molecular formula is C26H34N2O3. The summed E-state index contributed by atoms with van der Waals surface area (Å²) in [6.07, 6.45) is 10.7.